The Hall–Kier alpha value is -2.81. The average molecular weight is 404 g/mol. The molecule has 6 nitrogen and oxygen atoms in total. The monoisotopic (exact) mass is 404 g/mol. The number of alkyl halides is 2. The van der Waals surface area contributed by atoms with E-state index in [1.165, 1.54) is 36.0 Å². The predicted octanol–water partition coefficient (Wildman–Crippen LogP) is 4.24. The number of carbonyl (C=O) groups is 1. The lowest BCUT2D eigenvalue weighted by atomic mass is 10.1. The van der Waals surface area contributed by atoms with E-state index in [1.807, 2.05) is 32.0 Å². The van der Waals surface area contributed by atoms with E-state index in [1.54, 1.807) is 11.6 Å². The molecule has 0 fully saturated rings. The quantitative estimate of drug-likeness (QED) is 0.433. The Morgan fingerprint density at radius 1 is 1.11 bits per heavy atom. The lowest BCUT2D eigenvalue weighted by Gasteiger charge is -2.11. The second-order valence-electron chi connectivity index (χ2n) is 6.17. The Kier molecular flexibility index (Phi) is 6.03. The summed E-state index contributed by atoms with van der Waals surface area (Å²) < 4.78 is 30.3. The predicted molar refractivity (Wildman–Crippen MR) is 101 cm³/mol. The first-order chi connectivity index (χ1) is 13.3. The summed E-state index contributed by atoms with van der Waals surface area (Å²) in [4.78, 5) is 12.7. The van der Waals surface area contributed by atoms with Gasteiger partial charge in [-0.1, -0.05) is 17.8 Å². The van der Waals surface area contributed by atoms with Gasteiger partial charge in [-0.2, -0.15) is 13.5 Å². The maximum atomic E-state index is 12.7. The first-order valence-electron chi connectivity index (χ1n) is 8.47. The highest BCUT2D eigenvalue weighted by Gasteiger charge is 2.21. The van der Waals surface area contributed by atoms with Crippen LogP contribution in [-0.4, -0.2) is 37.9 Å². The number of aromatic nitrogens is 4. The molecule has 0 amide bonds. The molecule has 9 heteroatoms. The maximum absolute atomic E-state index is 12.7. The van der Waals surface area contributed by atoms with Crippen molar-refractivity contribution in [3.63, 3.8) is 0 Å². The summed E-state index contributed by atoms with van der Waals surface area (Å²) in [5, 5.41) is 11.8. The Bertz CT molecular complexity index is 976. The van der Waals surface area contributed by atoms with Crippen LogP contribution in [0.25, 0.3) is 5.69 Å². The minimum Gasteiger partial charge on any atom is -0.435 e. The second kappa shape index (κ2) is 8.47. The largest absolute Gasteiger partial charge is 0.435 e. The number of thioether (sulfide) groups is 1. The van der Waals surface area contributed by atoms with Crippen LogP contribution in [0.5, 0.6) is 5.75 Å². The molecule has 28 heavy (non-hydrogen) atoms. The zero-order chi connectivity index (χ0) is 20.3. The molecule has 0 bridgehead atoms. The molecule has 1 heterocycles. The molecule has 0 aliphatic rings. The molecule has 3 aromatic rings. The highest BCUT2D eigenvalue weighted by Crippen LogP contribution is 2.26. The molecule has 2 aromatic carbocycles. The first-order valence-corrected chi connectivity index (χ1v) is 9.35. The van der Waals surface area contributed by atoms with Crippen molar-refractivity contribution in [2.45, 2.75) is 37.8 Å². The van der Waals surface area contributed by atoms with E-state index >= 15 is 0 Å². The highest BCUT2D eigenvalue weighted by atomic mass is 32.2. The molecular formula is C19H18F2N4O2S. The van der Waals surface area contributed by atoms with Crippen LogP contribution in [0.15, 0.2) is 47.6 Å². The summed E-state index contributed by atoms with van der Waals surface area (Å²) >= 11 is 1.23. The average Bonchev–Trinajstić information content (AvgIpc) is 3.11. The number of nitrogens with zero attached hydrogens (tertiary/aromatic N) is 4. The summed E-state index contributed by atoms with van der Waals surface area (Å²) in [6.07, 6.45) is 0. The maximum Gasteiger partial charge on any atom is 0.387 e. The van der Waals surface area contributed by atoms with Crippen molar-refractivity contribution < 1.29 is 18.3 Å². The third kappa shape index (κ3) is 4.53. The number of ether oxygens (including phenoxy) is 1. The van der Waals surface area contributed by atoms with Crippen LogP contribution in [-0.2, 0) is 0 Å². The van der Waals surface area contributed by atoms with Crippen molar-refractivity contribution in [3.05, 3.63) is 59.2 Å². The lowest BCUT2D eigenvalue weighted by molar-refractivity contribution is -0.0498. The van der Waals surface area contributed by atoms with E-state index in [4.69, 9.17) is 0 Å². The van der Waals surface area contributed by atoms with Gasteiger partial charge in [0, 0.05) is 5.56 Å². The number of hydrogen-bond acceptors (Lipinski definition) is 6. The number of ketones is 1. The van der Waals surface area contributed by atoms with Gasteiger partial charge in [0.15, 0.2) is 5.78 Å². The molecule has 0 saturated carbocycles. The minimum atomic E-state index is -2.90. The van der Waals surface area contributed by atoms with E-state index in [-0.39, 0.29) is 11.5 Å². The molecule has 146 valence electrons. The van der Waals surface area contributed by atoms with Crippen LogP contribution in [0.1, 0.15) is 28.4 Å². The SMILES string of the molecule is Cc1ccc(-n2nnnc2S[C@H](C)C(=O)c2ccc(OC(F)F)cc2)cc1C. The molecule has 1 atom stereocenters. The van der Waals surface area contributed by atoms with Gasteiger partial charge in [-0.3, -0.25) is 4.79 Å². The van der Waals surface area contributed by atoms with Gasteiger partial charge in [-0.05, 0) is 78.7 Å². The van der Waals surface area contributed by atoms with E-state index < -0.39 is 11.9 Å². The van der Waals surface area contributed by atoms with Crippen LogP contribution < -0.4 is 4.74 Å². The number of tetrazole rings is 1. The molecule has 0 aliphatic heterocycles. The van der Waals surface area contributed by atoms with Crippen LogP contribution in [0, 0.1) is 13.8 Å². The number of Topliss-reactive ketones (excluding diaryl/α,β-unsaturated/α-hetero) is 1. The molecule has 1 aromatic heterocycles. The highest BCUT2D eigenvalue weighted by molar-refractivity contribution is 8.00. The molecule has 3 rings (SSSR count). The van der Waals surface area contributed by atoms with Crippen molar-refractivity contribution in [2.75, 3.05) is 0 Å². The summed E-state index contributed by atoms with van der Waals surface area (Å²) in [6.45, 7) is 2.87. The van der Waals surface area contributed by atoms with E-state index in [0.717, 1.165) is 16.8 Å². The fourth-order valence-corrected chi connectivity index (χ4v) is 3.40. The number of benzene rings is 2. The first kappa shape index (κ1) is 19.9. The van der Waals surface area contributed by atoms with Gasteiger partial charge in [-0.15, -0.1) is 5.10 Å². The molecule has 0 unspecified atom stereocenters. The third-order valence-corrected chi connectivity index (χ3v) is 5.22. The van der Waals surface area contributed by atoms with E-state index in [2.05, 4.69) is 20.3 Å². The minimum absolute atomic E-state index is 0.00513. The van der Waals surface area contributed by atoms with Crippen molar-refractivity contribution in [1.29, 1.82) is 0 Å². The molecule has 0 N–H and O–H groups in total. The number of hydrogen-bond donors (Lipinski definition) is 0. The smallest absolute Gasteiger partial charge is 0.387 e. The fraction of sp³-hybridized carbons (Fsp3) is 0.263. The second-order valence-corrected chi connectivity index (χ2v) is 7.48. The van der Waals surface area contributed by atoms with Crippen LogP contribution in [0.4, 0.5) is 8.78 Å². The Labute approximate surface area is 164 Å². The normalized spacial score (nSPS) is 12.2. The summed E-state index contributed by atoms with van der Waals surface area (Å²) in [6, 6.07) is 11.5. The zero-order valence-corrected chi connectivity index (χ0v) is 16.3. The topological polar surface area (TPSA) is 69.9 Å². The van der Waals surface area contributed by atoms with E-state index in [9.17, 15) is 13.6 Å². The van der Waals surface area contributed by atoms with Crippen LogP contribution in [0.3, 0.4) is 0 Å². The number of rotatable bonds is 7. The van der Waals surface area contributed by atoms with Gasteiger partial charge >= 0.3 is 6.61 Å². The number of carbonyl (C=O) groups excluding carboxylic acids is 1. The third-order valence-electron chi connectivity index (χ3n) is 4.19. The van der Waals surface area contributed by atoms with Gasteiger partial charge in [0.1, 0.15) is 5.75 Å². The van der Waals surface area contributed by atoms with E-state index in [0.29, 0.717) is 10.7 Å². The van der Waals surface area contributed by atoms with Crippen molar-refractivity contribution in [1.82, 2.24) is 20.2 Å². The Morgan fingerprint density at radius 3 is 2.46 bits per heavy atom. The standard InChI is InChI=1S/C19H18F2N4O2S/c1-11-4-7-15(10-12(11)2)25-19(22-23-24-25)28-13(3)17(26)14-5-8-16(9-6-14)27-18(20)21/h4-10,13,18H,1-3H3/t13-/m1/s1. The molecule has 0 saturated heterocycles. The molecular weight excluding hydrogens is 386 g/mol. The molecule has 0 aliphatic carbocycles. The van der Waals surface area contributed by atoms with Crippen LogP contribution >= 0.6 is 11.8 Å². The van der Waals surface area contributed by atoms with Gasteiger partial charge < -0.3 is 4.74 Å². The van der Waals surface area contributed by atoms with Gasteiger partial charge in [0.25, 0.3) is 0 Å². The summed E-state index contributed by atoms with van der Waals surface area (Å²) in [5.41, 5.74) is 3.48. The molecule has 0 spiro atoms. The molecule has 0 radical (unpaired) electrons. The fourth-order valence-electron chi connectivity index (χ4n) is 2.52. The number of aryl methyl sites for hydroxylation is 2. The van der Waals surface area contributed by atoms with Gasteiger partial charge in [-0.25, -0.2) is 0 Å². The van der Waals surface area contributed by atoms with Crippen molar-refractivity contribution >= 4 is 17.5 Å². The van der Waals surface area contributed by atoms with Gasteiger partial charge in [0.05, 0.1) is 10.9 Å². The van der Waals surface area contributed by atoms with Crippen molar-refractivity contribution in [3.8, 4) is 11.4 Å². The zero-order valence-electron chi connectivity index (χ0n) is 15.5. The summed E-state index contributed by atoms with van der Waals surface area (Å²) in [7, 11) is 0. The lowest BCUT2D eigenvalue weighted by Crippen LogP contribution is -2.15. The Balaban J connectivity index is 1.74. The van der Waals surface area contributed by atoms with Gasteiger partial charge in [0.2, 0.25) is 5.16 Å². The Morgan fingerprint density at radius 2 is 1.82 bits per heavy atom. The summed E-state index contributed by atoms with van der Waals surface area (Å²) in [5.74, 6) is -0.159. The van der Waals surface area contributed by atoms with Crippen molar-refractivity contribution in [2.24, 2.45) is 0 Å². The number of halogens is 2. The van der Waals surface area contributed by atoms with Crippen LogP contribution in [0.2, 0.25) is 0 Å².